The van der Waals surface area contributed by atoms with Crippen molar-refractivity contribution in [2.24, 2.45) is 0 Å². The number of hydrogen-bond donors (Lipinski definition) is 1. The summed E-state index contributed by atoms with van der Waals surface area (Å²) in [4.78, 5) is 3.58. The lowest BCUT2D eigenvalue weighted by Crippen LogP contribution is -1.84. The summed E-state index contributed by atoms with van der Waals surface area (Å²) in [6.07, 6.45) is 0. The van der Waals surface area contributed by atoms with Gasteiger partial charge in [-0.15, -0.1) is 0 Å². The Morgan fingerprint density at radius 1 is 0.737 bits per heavy atom. The Labute approximate surface area is 114 Å². The van der Waals surface area contributed by atoms with Crippen molar-refractivity contribution < 1.29 is 0 Å². The zero-order chi connectivity index (χ0) is 13.6. The van der Waals surface area contributed by atoms with Gasteiger partial charge in [0.25, 0.3) is 0 Å². The molecule has 0 spiro atoms. The van der Waals surface area contributed by atoms with Gasteiger partial charge in [-0.3, -0.25) is 0 Å². The van der Waals surface area contributed by atoms with Crippen LogP contribution in [0.5, 0.6) is 0 Å². The van der Waals surface area contributed by atoms with E-state index in [1.807, 2.05) is 0 Å². The highest BCUT2D eigenvalue weighted by Gasteiger charge is 2.09. The van der Waals surface area contributed by atoms with Crippen molar-refractivity contribution in [3.8, 4) is 11.3 Å². The Kier molecular flexibility index (Phi) is 2.70. The fraction of sp³-hybridized carbons (Fsp3) is 0.222. The van der Waals surface area contributed by atoms with Gasteiger partial charge in [-0.05, 0) is 50.5 Å². The lowest BCUT2D eigenvalue weighted by atomic mass is 10.0. The molecule has 19 heavy (non-hydrogen) atoms. The summed E-state index contributed by atoms with van der Waals surface area (Å²) in [5.74, 6) is 0. The van der Waals surface area contributed by atoms with Gasteiger partial charge in [0, 0.05) is 22.2 Å². The summed E-state index contributed by atoms with van der Waals surface area (Å²) >= 11 is 0. The monoisotopic (exact) mass is 249 g/mol. The predicted octanol–water partition coefficient (Wildman–Crippen LogP) is 5.07. The summed E-state index contributed by atoms with van der Waals surface area (Å²) in [5, 5.41) is 1.33. The Balaban J connectivity index is 2.26. The topological polar surface area (TPSA) is 15.8 Å². The minimum Gasteiger partial charge on any atom is -0.354 e. The van der Waals surface area contributed by atoms with Gasteiger partial charge in [0.15, 0.2) is 0 Å². The van der Waals surface area contributed by atoms with Crippen LogP contribution >= 0.6 is 0 Å². The second-order valence-corrected chi connectivity index (χ2v) is 5.49. The van der Waals surface area contributed by atoms with Crippen LogP contribution in [0.25, 0.3) is 22.2 Å². The minimum atomic E-state index is 1.21. The van der Waals surface area contributed by atoms with Gasteiger partial charge in [0.2, 0.25) is 0 Å². The third kappa shape index (κ3) is 1.95. The maximum Gasteiger partial charge on any atom is 0.0491 e. The van der Waals surface area contributed by atoms with Gasteiger partial charge in [0.1, 0.15) is 0 Å². The molecule has 1 aromatic heterocycles. The average Bonchev–Trinajstić information content (AvgIpc) is 2.80. The first-order chi connectivity index (χ1) is 9.06. The van der Waals surface area contributed by atoms with Crippen LogP contribution in [0.15, 0.2) is 36.4 Å². The van der Waals surface area contributed by atoms with Crippen molar-refractivity contribution in [3.05, 3.63) is 58.7 Å². The van der Waals surface area contributed by atoms with E-state index in [1.165, 1.54) is 44.4 Å². The van der Waals surface area contributed by atoms with Crippen LogP contribution in [0.1, 0.15) is 22.3 Å². The molecule has 0 saturated carbocycles. The molecule has 1 heterocycles. The summed E-state index contributed by atoms with van der Waals surface area (Å²) < 4.78 is 0. The quantitative estimate of drug-likeness (QED) is 0.620. The van der Waals surface area contributed by atoms with E-state index in [9.17, 15) is 0 Å². The smallest absolute Gasteiger partial charge is 0.0491 e. The van der Waals surface area contributed by atoms with Crippen molar-refractivity contribution in [3.63, 3.8) is 0 Å². The van der Waals surface area contributed by atoms with Crippen LogP contribution in [0.3, 0.4) is 0 Å². The lowest BCUT2D eigenvalue weighted by molar-refractivity contribution is 1.34. The zero-order valence-corrected chi connectivity index (χ0v) is 12.0. The van der Waals surface area contributed by atoms with Gasteiger partial charge in [-0.25, -0.2) is 0 Å². The van der Waals surface area contributed by atoms with Crippen LogP contribution in [0, 0.1) is 27.7 Å². The Hall–Kier alpha value is -2.02. The maximum absolute atomic E-state index is 3.58. The molecule has 3 aromatic rings. The van der Waals surface area contributed by atoms with E-state index < -0.39 is 0 Å². The van der Waals surface area contributed by atoms with Crippen molar-refractivity contribution >= 4 is 10.9 Å². The predicted molar refractivity (Wildman–Crippen MR) is 82.7 cm³/mol. The van der Waals surface area contributed by atoms with Crippen molar-refractivity contribution in [1.29, 1.82) is 0 Å². The second-order valence-electron chi connectivity index (χ2n) is 5.49. The molecule has 3 rings (SSSR count). The molecule has 0 saturated heterocycles. The van der Waals surface area contributed by atoms with Crippen LogP contribution in [-0.2, 0) is 0 Å². The van der Waals surface area contributed by atoms with Crippen molar-refractivity contribution in [2.45, 2.75) is 27.7 Å². The minimum absolute atomic E-state index is 1.21. The molecule has 0 aliphatic rings. The van der Waals surface area contributed by atoms with Gasteiger partial charge in [0.05, 0.1) is 0 Å². The van der Waals surface area contributed by atoms with E-state index in [4.69, 9.17) is 0 Å². The molecular weight excluding hydrogens is 230 g/mol. The van der Waals surface area contributed by atoms with Gasteiger partial charge < -0.3 is 4.98 Å². The summed E-state index contributed by atoms with van der Waals surface area (Å²) in [5.41, 5.74) is 9.02. The van der Waals surface area contributed by atoms with E-state index in [2.05, 4.69) is 69.1 Å². The Bertz CT molecular complexity index is 724. The molecule has 0 aliphatic heterocycles. The number of aryl methyl sites for hydroxylation is 4. The molecule has 2 aromatic carbocycles. The van der Waals surface area contributed by atoms with Gasteiger partial charge >= 0.3 is 0 Å². The number of benzene rings is 2. The number of fused-ring (bicyclic) bond motifs is 1. The van der Waals surface area contributed by atoms with Crippen molar-refractivity contribution in [2.75, 3.05) is 0 Å². The summed E-state index contributed by atoms with van der Waals surface area (Å²) in [6.45, 7) is 8.63. The standard InChI is InChI=1S/C18H19N/c1-11-5-8-15(14(4)9-11)17-10-16-12(2)6-7-13(3)18(16)19-17/h5-10,19H,1-4H3. The number of H-pyrrole nitrogens is 1. The highest BCUT2D eigenvalue weighted by atomic mass is 14.7. The molecule has 0 bridgehead atoms. The molecule has 0 fully saturated rings. The third-order valence-electron chi connectivity index (χ3n) is 3.89. The van der Waals surface area contributed by atoms with E-state index in [0.29, 0.717) is 0 Å². The van der Waals surface area contributed by atoms with Gasteiger partial charge in [-0.1, -0.05) is 35.9 Å². The molecule has 1 nitrogen and oxygen atoms in total. The van der Waals surface area contributed by atoms with Crippen LogP contribution in [-0.4, -0.2) is 4.98 Å². The molecule has 0 atom stereocenters. The molecular formula is C18H19N. The largest absolute Gasteiger partial charge is 0.354 e. The molecule has 0 aliphatic carbocycles. The first-order valence-electron chi connectivity index (χ1n) is 6.73. The fourth-order valence-electron chi connectivity index (χ4n) is 2.76. The molecule has 0 amide bonds. The molecule has 0 radical (unpaired) electrons. The maximum atomic E-state index is 3.58. The van der Waals surface area contributed by atoms with Crippen molar-refractivity contribution in [1.82, 2.24) is 4.98 Å². The third-order valence-corrected chi connectivity index (χ3v) is 3.89. The fourth-order valence-corrected chi connectivity index (χ4v) is 2.76. The molecule has 96 valence electrons. The highest BCUT2D eigenvalue weighted by molar-refractivity contribution is 5.91. The average molecular weight is 249 g/mol. The second kappa shape index (κ2) is 4.27. The highest BCUT2D eigenvalue weighted by Crippen LogP contribution is 2.30. The number of hydrogen-bond acceptors (Lipinski definition) is 0. The van der Waals surface area contributed by atoms with Gasteiger partial charge in [-0.2, -0.15) is 0 Å². The zero-order valence-electron chi connectivity index (χ0n) is 12.0. The molecule has 1 heteroatoms. The lowest BCUT2D eigenvalue weighted by Gasteiger charge is -2.04. The normalized spacial score (nSPS) is 11.2. The number of nitrogens with one attached hydrogen (secondary N) is 1. The first kappa shape index (κ1) is 12.0. The van der Waals surface area contributed by atoms with E-state index in [-0.39, 0.29) is 0 Å². The molecule has 1 N–H and O–H groups in total. The number of rotatable bonds is 1. The molecule has 0 unspecified atom stereocenters. The van der Waals surface area contributed by atoms with E-state index in [0.717, 1.165) is 0 Å². The van der Waals surface area contributed by atoms with Crippen LogP contribution < -0.4 is 0 Å². The SMILES string of the molecule is Cc1ccc(-c2cc3c(C)ccc(C)c3[nH]2)c(C)c1. The summed E-state index contributed by atoms with van der Waals surface area (Å²) in [7, 11) is 0. The van der Waals surface area contributed by atoms with Crippen LogP contribution in [0.4, 0.5) is 0 Å². The Morgan fingerprint density at radius 3 is 2.16 bits per heavy atom. The number of aromatic nitrogens is 1. The first-order valence-corrected chi connectivity index (χ1v) is 6.73. The van der Waals surface area contributed by atoms with Crippen LogP contribution in [0.2, 0.25) is 0 Å². The van der Waals surface area contributed by atoms with E-state index in [1.54, 1.807) is 0 Å². The number of aromatic amines is 1. The Morgan fingerprint density at radius 2 is 1.47 bits per heavy atom. The van der Waals surface area contributed by atoms with E-state index >= 15 is 0 Å². The summed E-state index contributed by atoms with van der Waals surface area (Å²) in [6, 6.07) is 13.3.